The highest BCUT2D eigenvalue weighted by Crippen LogP contribution is 2.39. The molecular formula is C46H47F4N11O6. The van der Waals surface area contributed by atoms with E-state index < -0.39 is 58.8 Å². The van der Waals surface area contributed by atoms with Gasteiger partial charge in [0.05, 0.1) is 40.8 Å². The molecule has 350 valence electrons. The third kappa shape index (κ3) is 8.86. The second kappa shape index (κ2) is 17.6. The number of carbonyl (C=O) groups is 5. The highest BCUT2D eigenvalue weighted by Gasteiger charge is 2.51. The minimum atomic E-state index is -4.54. The number of nitrogens with one attached hydrogen (secondary N) is 3. The summed E-state index contributed by atoms with van der Waals surface area (Å²) in [5.74, 6) is -3.48. The maximum absolute atomic E-state index is 15.5. The molecule has 1 unspecified atom stereocenters. The first-order valence-electron chi connectivity index (χ1n) is 22.0. The maximum Gasteiger partial charge on any atom is 0.401 e. The van der Waals surface area contributed by atoms with Crippen LogP contribution >= 0.6 is 0 Å². The Kier molecular flexibility index (Phi) is 11.9. The normalized spacial score (nSPS) is 20.6. The first kappa shape index (κ1) is 45.1. The van der Waals surface area contributed by atoms with E-state index in [1.165, 1.54) is 12.3 Å². The molecule has 0 radical (unpaired) electrons. The number of fused-ring (bicyclic) bond motifs is 1. The number of hydrogen-bond acceptors (Lipinski definition) is 12. The van der Waals surface area contributed by atoms with Gasteiger partial charge in [-0.05, 0) is 94.3 Å². The van der Waals surface area contributed by atoms with Crippen LogP contribution in [0.1, 0.15) is 101 Å². The molecule has 67 heavy (non-hydrogen) atoms. The van der Waals surface area contributed by atoms with Gasteiger partial charge < -0.3 is 15.0 Å². The fourth-order valence-electron chi connectivity index (χ4n) is 9.08. The van der Waals surface area contributed by atoms with Crippen LogP contribution in [0.2, 0.25) is 0 Å². The number of piperidine rings is 1. The number of benzene rings is 2. The summed E-state index contributed by atoms with van der Waals surface area (Å²) in [5, 5.41) is 15.3. The summed E-state index contributed by atoms with van der Waals surface area (Å²) in [6.45, 7) is 6.18. The number of amides is 5. The van der Waals surface area contributed by atoms with E-state index in [1.54, 1.807) is 17.1 Å². The van der Waals surface area contributed by atoms with Crippen LogP contribution in [0, 0.1) is 12.7 Å². The van der Waals surface area contributed by atoms with Crippen LogP contribution in [0.15, 0.2) is 61.1 Å². The maximum atomic E-state index is 15.5. The summed E-state index contributed by atoms with van der Waals surface area (Å²) < 4.78 is 63.5. The van der Waals surface area contributed by atoms with Crippen molar-refractivity contribution in [2.24, 2.45) is 0 Å². The Morgan fingerprint density at radius 3 is 2.27 bits per heavy atom. The average molecular weight is 926 g/mol. The minimum absolute atomic E-state index is 0.000359. The smallest absolute Gasteiger partial charge is 0.401 e. The van der Waals surface area contributed by atoms with E-state index in [-0.39, 0.29) is 53.7 Å². The number of halogens is 4. The van der Waals surface area contributed by atoms with Crippen molar-refractivity contribution >= 4 is 35.2 Å². The Bertz CT molecular complexity index is 2760. The summed E-state index contributed by atoms with van der Waals surface area (Å²) >= 11 is 0. The summed E-state index contributed by atoms with van der Waals surface area (Å²) in [7, 11) is 0. The predicted octanol–water partition coefficient (Wildman–Crippen LogP) is 5.18. The molecule has 0 bridgehead atoms. The summed E-state index contributed by atoms with van der Waals surface area (Å²) in [5.41, 5.74) is 1.63. The first-order chi connectivity index (χ1) is 31.9. The number of aromatic nitrogens is 6. The molecule has 4 aliphatic rings. The largest absolute Gasteiger partial charge is 0.474 e. The molecule has 3 aliphatic heterocycles. The van der Waals surface area contributed by atoms with Crippen molar-refractivity contribution in [2.45, 2.75) is 95.6 Å². The van der Waals surface area contributed by atoms with Crippen LogP contribution in [0.5, 0.6) is 5.88 Å². The number of carbonyl (C=O) groups excluding carboxylic acids is 5. The van der Waals surface area contributed by atoms with Gasteiger partial charge >= 0.3 is 6.18 Å². The molecule has 2 aromatic carbocycles. The lowest BCUT2D eigenvalue weighted by Gasteiger charge is -2.42. The second-order valence-corrected chi connectivity index (χ2v) is 17.8. The van der Waals surface area contributed by atoms with E-state index in [2.05, 4.69) is 40.8 Å². The fourth-order valence-corrected chi connectivity index (χ4v) is 9.08. The quantitative estimate of drug-likeness (QED) is 0.116. The van der Waals surface area contributed by atoms with Crippen molar-refractivity contribution < 1.29 is 46.3 Å². The number of anilines is 1. The second-order valence-electron chi connectivity index (χ2n) is 17.8. The van der Waals surface area contributed by atoms with Gasteiger partial charge in [0.1, 0.15) is 29.2 Å². The topological polar surface area (TPSA) is 201 Å². The lowest BCUT2D eigenvalue weighted by molar-refractivity contribution is -0.182. The molecule has 2 saturated heterocycles. The van der Waals surface area contributed by atoms with E-state index in [0.29, 0.717) is 38.1 Å². The van der Waals surface area contributed by atoms with Crippen molar-refractivity contribution in [1.29, 1.82) is 0 Å². The number of nitrogens with zero attached hydrogens (tertiary/aromatic N) is 8. The van der Waals surface area contributed by atoms with Gasteiger partial charge in [-0.1, -0.05) is 6.07 Å². The van der Waals surface area contributed by atoms with Crippen LogP contribution in [0.3, 0.4) is 0 Å². The molecule has 5 amide bonds. The Balaban J connectivity index is 0.736. The molecule has 9 rings (SSSR count). The molecule has 1 aliphatic carbocycles. The highest BCUT2D eigenvalue weighted by molar-refractivity contribution is 6.23. The van der Waals surface area contributed by atoms with Gasteiger partial charge in [-0.2, -0.15) is 23.4 Å². The Morgan fingerprint density at radius 2 is 1.60 bits per heavy atom. The number of pyridine rings is 1. The van der Waals surface area contributed by atoms with E-state index in [9.17, 15) is 37.1 Å². The number of hydrogen-bond donors (Lipinski definition) is 3. The molecule has 3 aromatic heterocycles. The molecule has 1 saturated carbocycles. The zero-order valence-corrected chi connectivity index (χ0v) is 36.8. The number of piperazine rings is 1. The lowest BCUT2D eigenvalue weighted by Crippen LogP contribution is -2.54. The van der Waals surface area contributed by atoms with Gasteiger partial charge in [0, 0.05) is 62.7 Å². The molecule has 6 heterocycles. The van der Waals surface area contributed by atoms with Crippen LogP contribution in [0.4, 0.5) is 23.2 Å². The van der Waals surface area contributed by atoms with Gasteiger partial charge in [-0.25, -0.2) is 19.0 Å². The number of imide groups is 2. The van der Waals surface area contributed by atoms with E-state index in [4.69, 9.17) is 4.74 Å². The monoisotopic (exact) mass is 925 g/mol. The van der Waals surface area contributed by atoms with Crippen molar-refractivity contribution in [1.82, 2.24) is 50.4 Å². The van der Waals surface area contributed by atoms with E-state index >= 15 is 4.39 Å². The van der Waals surface area contributed by atoms with Crippen molar-refractivity contribution in [3.8, 4) is 22.7 Å². The molecule has 0 spiro atoms. The van der Waals surface area contributed by atoms with Gasteiger partial charge in [-0.3, -0.25) is 44.2 Å². The van der Waals surface area contributed by atoms with Crippen molar-refractivity contribution in [3.05, 3.63) is 101 Å². The Morgan fingerprint density at radius 1 is 0.881 bits per heavy atom. The van der Waals surface area contributed by atoms with Crippen LogP contribution in [-0.2, 0) is 21.5 Å². The van der Waals surface area contributed by atoms with Crippen molar-refractivity contribution in [3.63, 3.8) is 0 Å². The van der Waals surface area contributed by atoms with Gasteiger partial charge in [-0.15, -0.1) is 0 Å². The standard InChI is InChI=1S/C46H47F4N11O6/c1-25-18-26(4-10-34(25)60-24-28(22-53-60)40(63)52-23-37-54-44(57-56-37)45(2,3)46(48,49)50)27-5-13-39(51-21-27)67-30-8-6-29(7-9-30)58-14-16-59(17-15-58)36-20-32-31(19-33(36)47)42(65)61(43(32)66)35-11-12-38(62)55-41(35)64/h4-5,10,13,18-22,24,29-30,35H,6-9,11-12,14-17,23H2,1-3H3,(H,52,63)(H,54,56,57)(H,55,62,64). The van der Waals surface area contributed by atoms with E-state index in [0.717, 1.165) is 72.9 Å². The van der Waals surface area contributed by atoms with Crippen LogP contribution in [-0.4, -0.2) is 120 Å². The molecule has 3 fully saturated rings. The SMILES string of the molecule is Cc1cc(-c2ccc(OC3CCC(N4CCN(c5cc6c(cc5F)C(=O)N(C5CCC(=O)NC5=O)C6=O)CC4)CC3)nc2)ccc1-n1cc(C(=O)NCc2nc(C(C)(C)C(F)(F)F)n[nH]2)cn1. The average Bonchev–Trinajstić information content (AvgIpc) is 4.05. The van der Waals surface area contributed by atoms with Crippen molar-refractivity contribution in [2.75, 3.05) is 31.1 Å². The zero-order chi connectivity index (χ0) is 47.4. The number of alkyl halides is 3. The number of aryl methyl sites for hydroxylation is 1. The Hall–Kier alpha value is -7.03. The number of ether oxygens (including phenoxy) is 1. The summed E-state index contributed by atoms with van der Waals surface area (Å²) in [6.07, 6.45) is 3.75. The Labute approximate surface area is 381 Å². The molecule has 1 atom stereocenters. The zero-order valence-electron chi connectivity index (χ0n) is 36.8. The minimum Gasteiger partial charge on any atom is -0.474 e. The highest BCUT2D eigenvalue weighted by atomic mass is 19.4. The third-order valence-corrected chi connectivity index (χ3v) is 13.2. The van der Waals surface area contributed by atoms with E-state index in [1.807, 2.05) is 42.2 Å². The van der Waals surface area contributed by atoms with Crippen LogP contribution in [0.25, 0.3) is 16.8 Å². The number of rotatable bonds is 11. The van der Waals surface area contributed by atoms with Crippen LogP contribution < -0.4 is 20.3 Å². The summed E-state index contributed by atoms with van der Waals surface area (Å²) in [4.78, 5) is 77.1. The number of aromatic amines is 1. The summed E-state index contributed by atoms with van der Waals surface area (Å²) in [6, 6.07) is 11.3. The van der Waals surface area contributed by atoms with Gasteiger partial charge in [0.25, 0.3) is 17.7 Å². The predicted molar refractivity (Wildman–Crippen MR) is 232 cm³/mol. The third-order valence-electron chi connectivity index (χ3n) is 13.2. The molecule has 3 N–H and O–H groups in total. The molecule has 17 nitrogen and oxygen atoms in total. The van der Waals surface area contributed by atoms with Gasteiger partial charge in [0.15, 0.2) is 5.82 Å². The first-order valence-corrected chi connectivity index (χ1v) is 22.0. The molecular weight excluding hydrogens is 879 g/mol. The fraction of sp³-hybridized carbons (Fsp3) is 0.413. The number of H-pyrrole nitrogens is 1. The van der Waals surface area contributed by atoms with Gasteiger partial charge in [0.2, 0.25) is 17.7 Å². The lowest BCUT2D eigenvalue weighted by atomic mass is 9.91. The molecule has 21 heteroatoms. The molecule has 5 aromatic rings.